The number of benzene rings is 1. The van der Waals surface area contributed by atoms with Gasteiger partial charge in [-0.05, 0) is 18.4 Å². The molecule has 0 aromatic heterocycles. The molecule has 0 aliphatic heterocycles. The van der Waals surface area contributed by atoms with Gasteiger partial charge in [0.05, 0.1) is 0 Å². The summed E-state index contributed by atoms with van der Waals surface area (Å²) in [6.45, 7) is 2.25. The van der Waals surface area contributed by atoms with Gasteiger partial charge < -0.3 is 0 Å². The largest absolute Gasteiger partial charge is 0.294 e. The fourth-order valence-corrected chi connectivity index (χ4v) is 2.85. The van der Waals surface area contributed by atoms with Gasteiger partial charge in [0, 0.05) is 5.56 Å². The second kappa shape index (κ2) is 12.1. The number of carbonyl (C=O) groups is 2. The average Bonchev–Trinajstić information content (AvgIpc) is 2.56. The number of unbranched alkanes of at least 4 members (excludes halogenated alkanes) is 9. The van der Waals surface area contributed by atoms with Gasteiger partial charge in [0.25, 0.3) is 0 Å². The Balaban J connectivity index is 2.12. The lowest BCUT2D eigenvalue weighted by atomic mass is 9.98. The molecule has 2 heteroatoms. The molecule has 1 rings (SSSR count). The summed E-state index contributed by atoms with van der Waals surface area (Å²) < 4.78 is 0. The lowest BCUT2D eigenvalue weighted by molar-refractivity contribution is -0.104. The van der Waals surface area contributed by atoms with Crippen LogP contribution in [-0.2, 0) is 11.2 Å². The summed E-state index contributed by atoms with van der Waals surface area (Å²) in [5.74, 6) is -0.400. The fraction of sp³-hybridized carbons (Fsp3) is 0.600. The minimum atomic E-state index is -0.400. The van der Waals surface area contributed by atoms with E-state index < -0.39 is 5.78 Å². The summed E-state index contributed by atoms with van der Waals surface area (Å²) in [5.41, 5.74) is 1.59. The summed E-state index contributed by atoms with van der Waals surface area (Å²) >= 11 is 0. The molecule has 122 valence electrons. The highest BCUT2D eigenvalue weighted by Gasteiger charge is 2.08. The fourth-order valence-electron chi connectivity index (χ4n) is 2.85. The lowest BCUT2D eigenvalue weighted by Gasteiger charge is -2.06. The normalized spacial score (nSPS) is 10.6. The standard InChI is InChI=1S/C20H30O2/c1-2-3-4-5-6-7-8-9-10-11-14-18-15-12-13-16-19(18)20(22)17-21/h12-13,15-17H,2-11,14H2,1H3. The van der Waals surface area contributed by atoms with Gasteiger partial charge in [-0.3, -0.25) is 9.59 Å². The Morgan fingerprint density at radius 3 is 2.00 bits per heavy atom. The van der Waals surface area contributed by atoms with Crippen molar-refractivity contribution in [1.29, 1.82) is 0 Å². The summed E-state index contributed by atoms with van der Waals surface area (Å²) in [7, 11) is 0. The molecule has 0 aliphatic rings. The first-order chi connectivity index (χ1) is 10.8. The zero-order valence-corrected chi connectivity index (χ0v) is 14.0. The highest BCUT2D eigenvalue weighted by Crippen LogP contribution is 2.15. The molecule has 0 amide bonds. The van der Waals surface area contributed by atoms with Crippen molar-refractivity contribution in [3.8, 4) is 0 Å². The van der Waals surface area contributed by atoms with E-state index >= 15 is 0 Å². The van der Waals surface area contributed by atoms with Crippen molar-refractivity contribution >= 4 is 12.1 Å². The highest BCUT2D eigenvalue weighted by molar-refractivity contribution is 6.33. The second-order valence-corrected chi connectivity index (χ2v) is 6.07. The lowest BCUT2D eigenvalue weighted by Crippen LogP contribution is -2.04. The number of hydrogen-bond donors (Lipinski definition) is 0. The van der Waals surface area contributed by atoms with Gasteiger partial charge in [0.15, 0.2) is 6.29 Å². The first-order valence-electron chi connectivity index (χ1n) is 8.87. The van der Waals surface area contributed by atoms with Gasteiger partial charge in [0.2, 0.25) is 5.78 Å². The van der Waals surface area contributed by atoms with Crippen molar-refractivity contribution in [1.82, 2.24) is 0 Å². The van der Waals surface area contributed by atoms with Crippen LogP contribution in [0.3, 0.4) is 0 Å². The molecule has 0 saturated heterocycles. The monoisotopic (exact) mass is 302 g/mol. The predicted octanol–water partition coefficient (Wildman–Crippen LogP) is 5.53. The van der Waals surface area contributed by atoms with Gasteiger partial charge in [-0.2, -0.15) is 0 Å². The maximum atomic E-state index is 11.5. The smallest absolute Gasteiger partial charge is 0.225 e. The van der Waals surface area contributed by atoms with Crippen LogP contribution in [-0.4, -0.2) is 12.1 Å². The number of rotatable bonds is 13. The van der Waals surface area contributed by atoms with Crippen LogP contribution in [0.25, 0.3) is 0 Å². The van der Waals surface area contributed by atoms with Gasteiger partial charge in [-0.15, -0.1) is 0 Å². The number of hydrogen-bond acceptors (Lipinski definition) is 2. The van der Waals surface area contributed by atoms with Gasteiger partial charge in [-0.1, -0.05) is 89.0 Å². The van der Waals surface area contributed by atoms with E-state index in [1.54, 1.807) is 6.07 Å². The minimum Gasteiger partial charge on any atom is -0.294 e. The molecule has 0 saturated carbocycles. The molecule has 0 aliphatic carbocycles. The Bertz CT molecular complexity index is 437. The molecule has 1 aromatic rings. The maximum absolute atomic E-state index is 11.5. The minimum absolute atomic E-state index is 0.400. The molecular weight excluding hydrogens is 272 g/mol. The van der Waals surface area contributed by atoms with E-state index in [4.69, 9.17) is 0 Å². The number of aldehydes is 1. The molecule has 22 heavy (non-hydrogen) atoms. The van der Waals surface area contributed by atoms with Gasteiger partial charge in [-0.25, -0.2) is 0 Å². The Morgan fingerprint density at radius 1 is 0.864 bits per heavy atom. The third kappa shape index (κ3) is 7.53. The summed E-state index contributed by atoms with van der Waals surface area (Å²) in [4.78, 5) is 22.2. The van der Waals surface area contributed by atoms with E-state index in [-0.39, 0.29) is 0 Å². The Morgan fingerprint density at radius 2 is 1.41 bits per heavy atom. The van der Waals surface area contributed by atoms with E-state index in [1.807, 2.05) is 18.2 Å². The molecule has 1 aromatic carbocycles. The van der Waals surface area contributed by atoms with Crippen molar-refractivity contribution < 1.29 is 9.59 Å². The van der Waals surface area contributed by atoms with Crippen LogP contribution in [0, 0.1) is 0 Å². The van der Waals surface area contributed by atoms with Crippen LogP contribution < -0.4 is 0 Å². The molecule has 0 N–H and O–H groups in total. The molecule has 0 heterocycles. The molecular formula is C20H30O2. The summed E-state index contributed by atoms with van der Waals surface area (Å²) in [5, 5.41) is 0. The molecule has 0 atom stereocenters. The Labute approximate surface area is 135 Å². The second-order valence-electron chi connectivity index (χ2n) is 6.07. The van der Waals surface area contributed by atoms with Crippen LogP contribution in [0.2, 0.25) is 0 Å². The predicted molar refractivity (Wildman–Crippen MR) is 92.4 cm³/mol. The zero-order valence-electron chi connectivity index (χ0n) is 14.0. The number of carbonyl (C=O) groups excluding carboxylic acids is 2. The van der Waals surface area contributed by atoms with Crippen LogP contribution in [0.4, 0.5) is 0 Å². The van der Waals surface area contributed by atoms with Crippen LogP contribution in [0.15, 0.2) is 24.3 Å². The van der Waals surface area contributed by atoms with E-state index in [0.29, 0.717) is 11.8 Å². The molecule has 0 radical (unpaired) electrons. The van der Waals surface area contributed by atoms with Crippen molar-refractivity contribution in [2.24, 2.45) is 0 Å². The molecule has 2 nitrogen and oxygen atoms in total. The van der Waals surface area contributed by atoms with Crippen LogP contribution in [0.5, 0.6) is 0 Å². The SMILES string of the molecule is CCCCCCCCCCCCc1ccccc1C(=O)C=O. The third-order valence-corrected chi connectivity index (χ3v) is 4.19. The molecule has 0 unspecified atom stereocenters. The highest BCUT2D eigenvalue weighted by atomic mass is 16.2. The first-order valence-corrected chi connectivity index (χ1v) is 8.87. The summed E-state index contributed by atoms with van der Waals surface area (Å²) in [6.07, 6.45) is 14.4. The van der Waals surface area contributed by atoms with Gasteiger partial charge in [0.1, 0.15) is 0 Å². The zero-order chi connectivity index (χ0) is 16.0. The van der Waals surface area contributed by atoms with E-state index in [1.165, 1.54) is 57.8 Å². The average molecular weight is 302 g/mol. The van der Waals surface area contributed by atoms with Crippen molar-refractivity contribution in [2.45, 2.75) is 77.6 Å². The van der Waals surface area contributed by atoms with Gasteiger partial charge >= 0.3 is 0 Å². The van der Waals surface area contributed by atoms with Crippen molar-refractivity contribution in [2.75, 3.05) is 0 Å². The summed E-state index contributed by atoms with van der Waals surface area (Å²) in [6, 6.07) is 7.47. The number of ketones is 1. The first kappa shape index (κ1) is 18.6. The Hall–Kier alpha value is -1.44. The topological polar surface area (TPSA) is 34.1 Å². The maximum Gasteiger partial charge on any atom is 0.225 e. The molecule has 0 fully saturated rings. The molecule has 0 bridgehead atoms. The molecule has 0 spiro atoms. The third-order valence-electron chi connectivity index (χ3n) is 4.19. The van der Waals surface area contributed by atoms with Crippen molar-refractivity contribution in [3.63, 3.8) is 0 Å². The van der Waals surface area contributed by atoms with Crippen molar-refractivity contribution in [3.05, 3.63) is 35.4 Å². The van der Waals surface area contributed by atoms with Crippen LogP contribution >= 0.6 is 0 Å². The van der Waals surface area contributed by atoms with E-state index in [0.717, 1.165) is 18.4 Å². The van der Waals surface area contributed by atoms with E-state index in [9.17, 15) is 9.59 Å². The quantitative estimate of drug-likeness (QED) is 0.208. The number of aryl methyl sites for hydroxylation is 1. The van der Waals surface area contributed by atoms with E-state index in [2.05, 4.69) is 6.92 Å². The Kier molecular flexibility index (Phi) is 10.3. The number of Topliss-reactive ketones (excluding diaryl/α,β-unsaturated/α-hetero) is 1. The van der Waals surface area contributed by atoms with Crippen LogP contribution in [0.1, 0.15) is 87.1 Å².